The van der Waals surface area contributed by atoms with Crippen molar-refractivity contribution in [3.05, 3.63) is 47.5 Å². The average Bonchev–Trinajstić information content (AvgIpc) is 2.74. The van der Waals surface area contributed by atoms with Gasteiger partial charge in [-0.25, -0.2) is 0 Å². The third-order valence-electron chi connectivity index (χ3n) is 2.87. The minimum absolute atomic E-state index is 0.0267. The van der Waals surface area contributed by atoms with Gasteiger partial charge in [0.15, 0.2) is 5.78 Å². The normalized spacial score (nSPS) is 10.6. The molecule has 4 heteroatoms. The summed E-state index contributed by atoms with van der Waals surface area (Å²) in [5.74, 6) is 0.667. The quantitative estimate of drug-likeness (QED) is 0.679. The van der Waals surface area contributed by atoms with Crippen molar-refractivity contribution in [3.8, 4) is 0 Å². The van der Waals surface area contributed by atoms with Crippen LogP contribution in [0.25, 0.3) is 0 Å². The van der Waals surface area contributed by atoms with E-state index in [-0.39, 0.29) is 5.78 Å². The number of nitrogen functional groups attached to an aromatic ring is 1. The zero-order valence-corrected chi connectivity index (χ0v) is 11.3. The number of carbonyl (C=O) groups is 1. The lowest BCUT2D eigenvalue weighted by Crippen LogP contribution is -2.04. The summed E-state index contributed by atoms with van der Waals surface area (Å²) in [6, 6.07) is 11.1. The van der Waals surface area contributed by atoms with Crippen LogP contribution in [0, 0.1) is 0 Å². The molecular formula is C14H16N2OS. The maximum absolute atomic E-state index is 12.4. The Morgan fingerprint density at radius 2 is 2.00 bits per heavy atom. The summed E-state index contributed by atoms with van der Waals surface area (Å²) in [6.45, 7) is 2.79. The lowest BCUT2D eigenvalue weighted by molar-refractivity contribution is 0.103. The van der Waals surface area contributed by atoms with E-state index in [0.29, 0.717) is 16.9 Å². The molecule has 0 radical (unpaired) electrons. The fraction of sp³-hybridized carbons (Fsp3) is 0.214. The Bertz CT molecular complexity index is 561. The van der Waals surface area contributed by atoms with Crippen molar-refractivity contribution < 1.29 is 4.79 Å². The van der Waals surface area contributed by atoms with Crippen LogP contribution in [0.3, 0.4) is 0 Å². The van der Waals surface area contributed by atoms with Gasteiger partial charge in [-0.1, -0.05) is 30.3 Å². The number of carbonyl (C=O) groups excluding carboxylic acids is 1. The molecule has 0 atom stereocenters. The third kappa shape index (κ3) is 2.16. The summed E-state index contributed by atoms with van der Waals surface area (Å²) in [4.78, 5) is 12.4. The van der Waals surface area contributed by atoms with E-state index in [1.54, 1.807) is 17.8 Å². The van der Waals surface area contributed by atoms with Crippen LogP contribution >= 0.6 is 11.8 Å². The van der Waals surface area contributed by atoms with Gasteiger partial charge < -0.3 is 10.3 Å². The minimum atomic E-state index is 0.0267. The van der Waals surface area contributed by atoms with E-state index in [1.165, 1.54) is 0 Å². The summed E-state index contributed by atoms with van der Waals surface area (Å²) >= 11 is 1.55. The van der Waals surface area contributed by atoms with Gasteiger partial charge in [0.05, 0.1) is 10.6 Å². The highest BCUT2D eigenvalue weighted by Crippen LogP contribution is 2.28. The number of benzene rings is 1. The van der Waals surface area contributed by atoms with Gasteiger partial charge in [0.25, 0.3) is 0 Å². The average molecular weight is 260 g/mol. The number of hydrogen-bond acceptors (Lipinski definition) is 3. The van der Waals surface area contributed by atoms with Crippen LogP contribution in [0.2, 0.25) is 0 Å². The van der Waals surface area contributed by atoms with E-state index in [0.717, 1.165) is 11.6 Å². The first-order chi connectivity index (χ1) is 8.69. The standard InChI is InChI=1S/C14H16N2OS/c1-3-16-12(15)9-11(14(16)18-2)13(17)10-7-5-4-6-8-10/h4-9H,3,15H2,1-2H3. The van der Waals surface area contributed by atoms with Gasteiger partial charge in [0.1, 0.15) is 5.82 Å². The lowest BCUT2D eigenvalue weighted by Gasteiger charge is -2.07. The first-order valence-electron chi connectivity index (χ1n) is 5.81. The molecule has 94 valence electrons. The summed E-state index contributed by atoms with van der Waals surface area (Å²) in [5, 5.41) is 0.934. The van der Waals surface area contributed by atoms with E-state index in [9.17, 15) is 4.79 Å². The number of thioether (sulfide) groups is 1. The van der Waals surface area contributed by atoms with Gasteiger partial charge in [-0.3, -0.25) is 4.79 Å². The van der Waals surface area contributed by atoms with Gasteiger partial charge in [-0.2, -0.15) is 0 Å². The second-order valence-electron chi connectivity index (χ2n) is 3.93. The van der Waals surface area contributed by atoms with E-state index in [4.69, 9.17) is 5.73 Å². The summed E-state index contributed by atoms with van der Waals surface area (Å²) in [6.07, 6.45) is 1.96. The van der Waals surface area contributed by atoms with Crippen LogP contribution < -0.4 is 5.73 Å². The number of nitrogens with two attached hydrogens (primary N) is 1. The van der Waals surface area contributed by atoms with Crippen LogP contribution in [-0.2, 0) is 6.54 Å². The van der Waals surface area contributed by atoms with Crippen LogP contribution in [0.4, 0.5) is 5.82 Å². The monoisotopic (exact) mass is 260 g/mol. The Hall–Kier alpha value is -1.68. The highest BCUT2D eigenvalue weighted by atomic mass is 32.2. The number of hydrogen-bond donors (Lipinski definition) is 1. The Kier molecular flexibility index (Phi) is 3.77. The highest BCUT2D eigenvalue weighted by molar-refractivity contribution is 7.98. The van der Waals surface area contributed by atoms with Gasteiger partial charge in [0.2, 0.25) is 0 Å². The fourth-order valence-corrected chi connectivity index (χ4v) is 2.83. The molecule has 2 N–H and O–H groups in total. The molecular weight excluding hydrogens is 244 g/mol. The van der Waals surface area contributed by atoms with Gasteiger partial charge >= 0.3 is 0 Å². The first-order valence-corrected chi connectivity index (χ1v) is 7.04. The van der Waals surface area contributed by atoms with Crippen molar-refractivity contribution in [3.63, 3.8) is 0 Å². The van der Waals surface area contributed by atoms with Gasteiger partial charge in [-0.05, 0) is 19.2 Å². The Balaban J connectivity index is 2.49. The zero-order valence-electron chi connectivity index (χ0n) is 10.5. The number of ketones is 1. The smallest absolute Gasteiger partial charge is 0.195 e. The molecule has 2 rings (SSSR count). The third-order valence-corrected chi connectivity index (χ3v) is 3.70. The molecule has 0 saturated heterocycles. The van der Waals surface area contributed by atoms with Crippen molar-refractivity contribution in [1.29, 1.82) is 0 Å². The molecule has 3 nitrogen and oxygen atoms in total. The van der Waals surface area contributed by atoms with Crippen molar-refractivity contribution in [1.82, 2.24) is 4.57 Å². The molecule has 0 unspecified atom stereocenters. The molecule has 0 spiro atoms. The molecule has 0 amide bonds. The largest absolute Gasteiger partial charge is 0.385 e. The number of nitrogens with zero attached hydrogens (tertiary/aromatic N) is 1. The molecule has 0 saturated carbocycles. The van der Waals surface area contributed by atoms with Crippen molar-refractivity contribution in [2.45, 2.75) is 18.5 Å². The fourth-order valence-electron chi connectivity index (χ4n) is 2.00. The van der Waals surface area contributed by atoms with E-state index in [1.807, 2.05) is 48.1 Å². The number of anilines is 1. The van der Waals surface area contributed by atoms with E-state index >= 15 is 0 Å². The predicted octanol–water partition coefficient (Wildman–Crippen LogP) is 3.04. The molecule has 0 fully saturated rings. The van der Waals surface area contributed by atoms with E-state index in [2.05, 4.69) is 0 Å². The van der Waals surface area contributed by atoms with Crippen molar-refractivity contribution in [2.24, 2.45) is 0 Å². The van der Waals surface area contributed by atoms with Crippen LogP contribution in [-0.4, -0.2) is 16.6 Å². The molecule has 2 aromatic rings. The van der Waals surface area contributed by atoms with Crippen molar-refractivity contribution >= 4 is 23.4 Å². The van der Waals surface area contributed by atoms with Crippen molar-refractivity contribution in [2.75, 3.05) is 12.0 Å². The number of aromatic nitrogens is 1. The second-order valence-corrected chi connectivity index (χ2v) is 4.73. The topological polar surface area (TPSA) is 48.0 Å². The lowest BCUT2D eigenvalue weighted by atomic mass is 10.1. The molecule has 0 aliphatic heterocycles. The maximum atomic E-state index is 12.4. The molecule has 1 heterocycles. The second kappa shape index (κ2) is 5.31. The van der Waals surface area contributed by atoms with E-state index < -0.39 is 0 Å². The SMILES string of the molecule is CCn1c(N)cc(C(=O)c2ccccc2)c1SC. The summed E-state index contributed by atoms with van der Waals surface area (Å²) < 4.78 is 1.96. The summed E-state index contributed by atoms with van der Waals surface area (Å²) in [7, 11) is 0. The molecule has 18 heavy (non-hydrogen) atoms. The zero-order chi connectivity index (χ0) is 13.1. The minimum Gasteiger partial charge on any atom is -0.385 e. The van der Waals surface area contributed by atoms with Crippen LogP contribution in [0.15, 0.2) is 41.4 Å². The van der Waals surface area contributed by atoms with Crippen LogP contribution in [0.1, 0.15) is 22.8 Å². The molecule has 1 aromatic heterocycles. The molecule has 0 bridgehead atoms. The van der Waals surface area contributed by atoms with Gasteiger partial charge in [0, 0.05) is 12.1 Å². The highest BCUT2D eigenvalue weighted by Gasteiger charge is 2.18. The number of rotatable bonds is 4. The molecule has 1 aromatic carbocycles. The predicted molar refractivity (Wildman–Crippen MR) is 76.2 cm³/mol. The Morgan fingerprint density at radius 3 is 2.56 bits per heavy atom. The first kappa shape index (κ1) is 12.8. The maximum Gasteiger partial charge on any atom is 0.195 e. The summed E-state index contributed by atoms with van der Waals surface area (Å²) in [5.41, 5.74) is 7.32. The Morgan fingerprint density at radius 1 is 1.33 bits per heavy atom. The van der Waals surface area contributed by atoms with Crippen LogP contribution in [0.5, 0.6) is 0 Å². The molecule has 0 aliphatic carbocycles. The molecule has 0 aliphatic rings. The van der Waals surface area contributed by atoms with Gasteiger partial charge in [-0.15, -0.1) is 11.8 Å². The Labute approximate surface area is 111 Å².